The fraction of sp³-hybridized carbons (Fsp3) is 0.400. The molecule has 1 atom stereocenters. The fourth-order valence-electron chi connectivity index (χ4n) is 1.23. The Hall–Kier alpha value is -0.910. The van der Waals surface area contributed by atoms with Crippen LogP contribution < -0.4 is 0 Å². The van der Waals surface area contributed by atoms with E-state index in [1.54, 1.807) is 30.3 Å². The summed E-state index contributed by atoms with van der Waals surface area (Å²) in [6.07, 6.45) is -1.20. The molecule has 4 nitrogen and oxygen atoms in total. The standard InChI is InChI=1S/C10H14O4S/c11-6-10(12)8-15(13,14)7-9-4-2-1-3-5-9/h1-5,10-12H,6-8H2. The summed E-state index contributed by atoms with van der Waals surface area (Å²) in [7, 11) is -3.36. The van der Waals surface area contributed by atoms with Crippen molar-refractivity contribution in [1.82, 2.24) is 0 Å². The maximum Gasteiger partial charge on any atom is 0.157 e. The van der Waals surface area contributed by atoms with Crippen molar-refractivity contribution < 1.29 is 18.6 Å². The van der Waals surface area contributed by atoms with Gasteiger partial charge in [-0.25, -0.2) is 8.42 Å². The highest BCUT2D eigenvalue weighted by Gasteiger charge is 2.16. The Morgan fingerprint density at radius 3 is 2.33 bits per heavy atom. The van der Waals surface area contributed by atoms with Gasteiger partial charge in [-0.3, -0.25) is 0 Å². The predicted molar refractivity (Wildman–Crippen MR) is 57.0 cm³/mol. The molecule has 0 aliphatic rings. The van der Waals surface area contributed by atoms with E-state index in [1.807, 2.05) is 0 Å². The number of benzene rings is 1. The molecule has 0 heterocycles. The Kier molecular flexibility index (Phi) is 4.26. The van der Waals surface area contributed by atoms with E-state index in [-0.39, 0.29) is 5.75 Å². The fourth-order valence-corrected chi connectivity index (χ4v) is 2.74. The summed E-state index contributed by atoms with van der Waals surface area (Å²) >= 11 is 0. The third-order valence-corrected chi connectivity index (χ3v) is 3.55. The molecule has 1 rings (SSSR count). The van der Waals surface area contributed by atoms with Crippen LogP contribution in [0.5, 0.6) is 0 Å². The lowest BCUT2D eigenvalue weighted by molar-refractivity contribution is 0.112. The third-order valence-electron chi connectivity index (χ3n) is 1.89. The summed E-state index contributed by atoms with van der Waals surface area (Å²) in [5, 5.41) is 17.6. The molecule has 5 heteroatoms. The Morgan fingerprint density at radius 1 is 1.20 bits per heavy atom. The minimum Gasteiger partial charge on any atom is -0.394 e. The summed E-state index contributed by atoms with van der Waals surface area (Å²) < 4.78 is 23.0. The van der Waals surface area contributed by atoms with Crippen molar-refractivity contribution in [2.75, 3.05) is 12.4 Å². The maximum atomic E-state index is 11.5. The van der Waals surface area contributed by atoms with Crippen molar-refractivity contribution >= 4 is 9.84 Å². The van der Waals surface area contributed by atoms with Crippen LogP contribution in [0.15, 0.2) is 30.3 Å². The Bertz CT molecular complexity index is 385. The van der Waals surface area contributed by atoms with Gasteiger partial charge >= 0.3 is 0 Å². The molecule has 15 heavy (non-hydrogen) atoms. The first-order valence-corrected chi connectivity index (χ1v) is 6.39. The van der Waals surface area contributed by atoms with Crippen molar-refractivity contribution in [3.8, 4) is 0 Å². The van der Waals surface area contributed by atoms with Crippen LogP contribution in [0.3, 0.4) is 0 Å². The van der Waals surface area contributed by atoms with E-state index in [4.69, 9.17) is 10.2 Å². The van der Waals surface area contributed by atoms with E-state index in [0.29, 0.717) is 5.56 Å². The summed E-state index contributed by atoms with van der Waals surface area (Å²) in [5.41, 5.74) is 0.683. The zero-order chi connectivity index (χ0) is 11.3. The average Bonchev–Trinajstić information content (AvgIpc) is 2.17. The van der Waals surface area contributed by atoms with Gasteiger partial charge in [0.15, 0.2) is 9.84 Å². The normalized spacial score (nSPS) is 13.7. The first-order chi connectivity index (χ1) is 7.03. The topological polar surface area (TPSA) is 74.6 Å². The smallest absolute Gasteiger partial charge is 0.157 e. The molecule has 2 N–H and O–H groups in total. The number of sulfone groups is 1. The first-order valence-electron chi connectivity index (χ1n) is 4.57. The number of hydrogen-bond donors (Lipinski definition) is 2. The molecular formula is C10H14O4S. The van der Waals surface area contributed by atoms with Gasteiger partial charge in [-0.2, -0.15) is 0 Å². The molecule has 0 aromatic heterocycles. The van der Waals surface area contributed by atoms with Crippen LogP contribution in [0.4, 0.5) is 0 Å². The second kappa shape index (κ2) is 5.25. The molecule has 0 fully saturated rings. The Balaban J connectivity index is 2.65. The summed E-state index contributed by atoms with van der Waals surface area (Å²) in [6, 6.07) is 8.74. The van der Waals surface area contributed by atoms with Crippen molar-refractivity contribution in [3.05, 3.63) is 35.9 Å². The van der Waals surface area contributed by atoms with Gasteiger partial charge in [-0.05, 0) is 5.56 Å². The SMILES string of the molecule is O=S(=O)(Cc1ccccc1)CC(O)CO. The van der Waals surface area contributed by atoms with Gasteiger partial charge in [-0.1, -0.05) is 30.3 Å². The van der Waals surface area contributed by atoms with Gasteiger partial charge in [-0.15, -0.1) is 0 Å². The number of rotatable bonds is 5. The largest absolute Gasteiger partial charge is 0.394 e. The van der Waals surface area contributed by atoms with Crippen LogP contribution in [-0.4, -0.2) is 37.1 Å². The molecule has 1 unspecified atom stereocenters. The second-order valence-electron chi connectivity index (χ2n) is 3.38. The minimum absolute atomic E-state index is 0.106. The molecule has 1 aromatic rings. The molecule has 0 spiro atoms. The highest BCUT2D eigenvalue weighted by Crippen LogP contribution is 2.07. The molecule has 0 saturated carbocycles. The quantitative estimate of drug-likeness (QED) is 0.744. The van der Waals surface area contributed by atoms with Gasteiger partial charge in [0.05, 0.1) is 24.2 Å². The highest BCUT2D eigenvalue weighted by molar-refractivity contribution is 7.90. The molecule has 1 aromatic carbocycles. The number of hydrogen-bond acceptors (Lipinski definition) is 4. The van der Waals surface area contributed by atoms with Crippen LogP contribution in [0, 0.1) is 0 Å². The van der Waals surface area contributed by atoms with Crippen molar-refractivity contribution in [1.29, 1.82) is 0 Å². The monoisotopic (exact) mass is 230 g/mol. The lowest BCUT2D eigenvalue weighted by atomic mass is 10.2. The molecular weight excluding hydrogens is 216 g/mol. The van der Waals surface area contributed by atoms with E-state index in [2.05, 4.69) is 0 Å². The maximum absolute atomic E-state index is 11.5. The molecule has 0 aliphatic heterocycles. The molecule has 84 valence electrons. The van der Waals surface area contributed by atoms with Gasteiger partial charge in [0.2, 0.25) is 0 Å². The van der Waals surface area contributed by atoms with Crippen LogP contribution in [0.1, 0.15) is 5.56 Å². The van der Waals surface area contributed by atoms with E-state index < -0.39 is 28.3 Å². The van der Waals surface area contributed by atoms with Crippen LogP contribution in [0.2, 0.25) is 0 Å². The van der Waals surface area contributed by atoms with Crippen molar-refractivity contribution in [3.63, 3.8) is 0 Å². The van der Waals surface area contributed by atoms with Crippen LogP contribution in [-0.2, 0) is 15.6 Å². The lowest BCUT2D eigenvalue weighted by Gasteiger charge is -2.08. The van der Waals surface area contributed by atoms with Crippen molar-refractivity contribution in [2.24, 2.45) is 0 Å². The molecule has 0 saturated heterocycles. The van der Waals surface area contributed by atoms with Gasteiger partial charge in [0.1, 0.15) is 0 Å². The average molecular weight is 230 g/mol. The summed E-state index contributed by atoms with van der Waals surface area (Å²) in [5.74, 6) is -0.511. The van der Waals surface area contributed by atoms with Gasteiger partial charge in [0, 0.05) is 0 Å². The molecule has 0 bridgehead atoms. The van der Waals surface area contributed by atoms with E-state index in [0.717, 1.165) is 0 Å². The number of aliphatic hydroxyl groups is 2. The Labute approximate surface area is 89.1 Å². The second-order valence-corrected chi connectivity index (χ2v) is 5.49. The minimum atomic E-state index is -3.36. The lowest BCUT2D eigenvalue weighted by Crippen LogP contribution is -2.25. The van der Waals surface area contributed by atoms with Gasteiger partial charge in [0.25, 0.3) is 0 Å². The van der Waals surface area contributed by atoms with Gasteiger partial charge < -0.3 is 10.2 Å². The van der Waals surface area contributed by atoms with Crippen LogP contribution >= 0.6 is 0 Å². The van der Waals surface area contributed by atoms with Crippen LogP contribution in [0.25, 0.3) is 0 Å². The zero-order valence-corrected chi connectivity index (χ0v) is 9.02. The molecule has 0 amide bonds. The highest BCUT2D eigenvalue weighted by atomic mass is 32.2. The predicted octanol–water partition coefficient (Wildman–Crippen LogP) is -0.0454. The number of aliphatic hydroxyl groups excluding tert-OH is 2. The summed E-state index contributed by atoms with van der Waals surface area (Å²) in [6.45, 7) is -0.534. The van der Waals surface area contributed by atoms with E-state index in [9.17, 15) is 8.42 Å². The van der Waals surface area contributed by atoms with E-state index in [1.165, 1.54) is 0 Å². The van der Waals surface area contributed by atoms with E-state index >= 15 is 0 Å². The zero-order valence-electron chi connectivity index (χ0n) is 8.20. The Morgan fingerprint density at radius 2 is 1.80 bits per heavy atom. The van der Waals surface area contributed by atoms with Crippen molar-refractivity contribution in [2.45, 2.75) is 11.9 Å². The first kappa shape index (κ1) is 12.2. The molecule has 0 radical (unpaired) electrons. The third kappa shape index (κ3) is 4.42. The molecule has 0 aliphatic carbocycles. The summed E-state index contributed by atoms with van der Waals surface area (Å²) in [4.78, 5) is 0.